The third kappa shape index (κ3) is 3.19. The van der Waals surface area contributed by atoms with E-state index in [9.17, 15) is 4.79 Å². The van der Waals surface area contributed by atoms with Crippen LogP contribution in [0.25, 0.3) is 0 Å². The van der Waals surface area contributed by atoms with Gasteiger partial charge in [-0.1, -0.05) is 6.07 Å². The second kappa shape index (κ2) is 7.01. The molecule has 0 N–H and O–H groups in total. The molecule has 2 aromatic heterocycles. The zero-order chi connectivity index (χ0) is 15.4. The van der Waals surface area contributed by atoms with E-state index in [4.69, 9.17) is 4.42 Å². The minimum Gasteiger partial charge on any atom is -0.455 e. The topological polar surface area (TPSA) is 46.3 Å². The van der Waals surface area contributed by atoms with Crippen molar-refractivity contribution in [3.63, 3.8) is 0 Å². The number of likely N-dealkylation sites (tertiary alicyclic amines) is 1. The molecule has 1 saturated heterocycles. The monoisotopic (exact) mass is 316 g/mol. The Labute approximate surface area is 134 Å². The predicted molar refractivity (Wildman–Crippen MR) is 87.8 cm³/mol. The van der Waals surface area contributed by atoms with Gasteiger partial charge in [0.15, 0.2) is 5.76 Å². The van der Waals surface area contributed by atoms with Gasteiger partial charge in [-0.3, -0.25) is 9.78 Å². The molecule has 0 unspecified atom stereocenters. The highest BCUT2D eigenvalue weighted by Gasteiger charge is 2.30. The van der Waals surface area contributed by atoms with Gasteiger partial charge in [0.1, 0.15) is 5.76 Å². The lowest BCUT2D eigenvalue weighted by molar-refractivity contribution is 0.0572. The molecule has 1 fully saturated rings. The fraction of sp³-hybridized carbons (Fsp3) is 0.412. The molecule has 1 amide bonds. The number of rotatable bonds is 4. The molecule has 1 atom stereocenters. The van der Waals surface area contributed by atoms with Crippen molar-refractivity contribution in [2.75, 3.05) is 12.8 Å². The second-order valence-corrected chi connectivity index (χ2v) is 6.33. The zero-order valence-electron chi connectivity index (χ0n) is 12.7. The van der Waals surface area contributed by atoms with Crippen molar-refractivity contribution in [1.82, 2.24) is 9.88 Å². The van der Waals surface area contributed by atoms with Crippen molar-refractivity contribution in [2.24, 2.45) is 0 Å². The predicted octanol–water partition coefficient (Wildman–Crippen LogP) is 3.91. The zero-order valence-corrected chi connectivity index (χ0v) is 13.5. The summed E-state index contributed by atoms with van der Waals surface area (Å²) < 4.78 is 5.69. The van der Waals surface area contributed by atoms with E-state index in [-0.39, 0.29) is 11.9 Å². The number of thioether (sulfide) groups is 1. The second-order valence-electron chi connectivity index (χ2n) is 5.46. The molecule has 0 saturated carbocycles. The number of amides is 1. The van der Waals surface area contributed by atoms with E-state index in [2.05, 4.69) is 4.98 Å². The first-order chi connectivity index (χ1) is 10.8. The maximum atomic E-state index is 12.8. The minimum atomic E-state index is -0.0253. The summed E-state index contributed by atoms with van der Waals surface area (Å²) in [5.74, 6) is 2.05. The first-order valence-corrected chi connectivity index (χ1v) is 8.98. The van der Waals surface area contributed by atoms with Crippen LogP contribution in [0, 0.1) is 0 Å². The van der Waals surface area contributed by atoms with Crippen molar-refractivity contribution >= 4 is 17.7 Å². The van der Waals surface area contributed by atoms with Gasteiger partial charge in [-0.15, -0.1) is 0 Å². The molecule has 22 heavy (non-hydrogen) atoms. The van der Waals surface area contributed by atoms with Crippen LogP contribution in [0.15, 0.2) is 40.9 Å². The maximum absolute atomic E-state index is 12.8. The number of hydrogen-bond acceptors (Lipinski definition) is 4. The van der Waals surface area contributed by atoms with E-state index in [1.165, 1.54) is 0 Å². The first-order valence-electron chi connectivity index (χ1n) is 7.59. The standard InChI is InChI=1S/C17H20N2O2S/c1-22-12-13-8-9-16(21-13)17(20)19-11-5-3-7-15(19)14-6-2-4-10-18-14/h2,4,6,8-10,15H,3,5,7,11-12H2,1H3/t15-/m1/s1. The van der Waals surface area contributed by atoms with Gasteiger partial charge in [0, 0.05) is 12.7 Å². The highest BCUT2D eigenvalue weighted by atomic mass is 32.2. The van der Waals surface area contributed by atoms with Gasteiger partial charge in [0.05, 0.1) is 17.5 Å². The fourth-order valence-corrected chi connectivity index (χ4v) is 3.35. The molecular weight excluding hydrogens is 296 g/mol. The summed E-state index contributed by atoms with van der Waals surface area (Å²) in [7, 11) is 0. The largest absolute Gasteiger partial charge is 0.455 e. The van der Waals surface area contributed by atoms with Crippen molar-refractivity contribution in [3.8, 4) is 0 Å². The van der Waals surface area contributed by atoms with Crippen LogP contribution in [-0.2, 0) is 5.75 Å². The van der Waals surface area contributed by atoms with Gasteiger partial charge < -0.3 is 9.32 Å². The molecule has 0 aromatic carbocycles. The van der Waals surface area contributed by atoms with Crippen molar-refractivity contribution in [3.05, 3.63) is 53.7 Å². The number of carbonyl (C=O) groups is 1. The van der Waals surface area contributed by atoms with Crippen LogP contribution in [0.1, 0.15) is 47.3 Å². The van der Waals surface area contributed by atoms with Crippen LogP contribution in [0.5, 0.6) is 0 Å². The Morgan fingerprint density at radius 3 is 3.05 bits per heavy atom. The Bertz CT molecular complexity index is 627. The van der Waals surface area contributed by atoms with E-state index >= 15 is 0 Å². The number of piperidine rings is 1. The van der Waals surface area contributed by atoms with Gasteiger partial charge >= 0.3 is 0 Å². The van der Waals surface area contributed by atoms with Crippen LogP contribution >= 0.6 is 11.8 Å². The van der Waals surface area contributed by atoms with E-state index in [0.717, 1.165) is 43.0 Å². The van der Waals surface area contributed by atoms with Crippen molar-refractivity contribution in [2.45, 2.75) is 31.1 Å². The quantitative estimate of drug-likeness (QED) is 0.858. The normalized spacial score (nSPS) is 18.4. The number of aromatic nitrogens is 1. The van der Waals surface area contributed by atoms with Crippen molar-refractivity contribution in [1.29, 1.82) is 0 Å². The number of nitrogens with zero attached hydrogens (tertiary/aromatic N) is 2. The van der Waals surface area contributed by atoms with Crippen LogP contribution in [0.4, 0.5) is 0 Å². The molecule has 4 nitrogen and oxygen atoms in total. The van der Waals surface area contributed by atoms with Crippen molar-refractivity contribution < 1.29 is 9.21 Å². The smallest absolute Gasteiger partial charge is 0.290 e. The average Bonchev–Trinajstić information content (AvgIpc) is 3.04. The van der Waals surface area contributed by atoms with Crippen LogP contribution < -0.4 is 0 Å². The summed E-state index contributed by atoms with van der Waals surface area (Å²) in [5.41, 5.74) is 0.964. The summed E-state index contributed by atoms with van der Waals surface area (Å²) in [6, 6.07) is 9.61. The van der Waals surface area contributed by atoms with E-state index in [1.807, 2.05) is 35.4 Å². The first kappa shape index (κ1) is 15.2. The Hall–Kier alpha value is -1.75. The lowest BCUT2D eigenvalue weighted by atomic mass is 9.98. The Morgan fingerprint density at radius 2 is 2.27 bits per heavy atom. The molecular formula is C17H20N2O2S. The van der Waals surface area contributed by atoms with E-state index < -0.39 is 0 Å². The lowest BCUT2D eigenvalue weighted by Crippen LogP contribution is -2.38. The Balaban J connectivity index is 1.82. The molecule has 5 heteroatoms. The van der Waals surface area contributed by atoms with Gasteiger partial charge in [0.2, 0.25) is 0 Å². The van der Waals surface area contributed by atoms with Gasteiger partial charge in [-0.25, -0.2) is 0 Å². The van der Waals surface area contributed by atoms with E-state index in [0.29, 0.717) is 5.76 Å². The summed E-state index contributed by atoms with van der Waals surface area (Å²) >= 11 is 1.68. The van der Waals surface area contributed by atoms with Gasteiger partial charge in [-0.05, 0) is 49.8 Å². The summed E-state index contributed by atoms with van der Waals surface area (Å²) in [6.07, 6.45) is 6.93. The third-order valence-corrected chi connectivity index (χ3v) is 4.53. The SMILES string of the molecule is CSCc1ccc(C(=O)N2CCCC[C@@H]2c2ccccn2)o1. The van der Waals surface area contributed by atoms with Gasteiger partial charge in [0.25, 0.3) is 5.91 Å². The molecule has 1 aliphatic rings. The lowest BCUT2D eigenvalue weighted by Gasteiger charge is -2.34. The molecule has 0 spiro atoms. The number of carbonyl (C=O) groups excluding carboxylic acids is 1. The summed E-state index contributed by atoms with van der Waals surface area (Å²) in [4.78, 5) is 19.1. The highest BCUT2D eigenvalue weighted by Crippen LogP contribution is 2.31. The number of furan rings is 1. The number of hydrogen-bond donors (Lipinski definition) is 0. The van der Waals surface area contributed by atoms with Crippen LogP contribution in [0.2, 0.25) is 0 Å². The third-order valence-electron chi connectivity index (χ3n) is 3.95. The van der Waals surface area contributed by atoms with Gasteiger partial charge in [-0.2, -0.15) is 11.8 Å². The highest BCUT2D eigenvalue weighted by molar-refractivity contribution is 7.97. The fourth-order valence-electron chi connectivity index (χ4n) is 2.91. The van der Waals surface area contributed by atoms with Crippen LogP contribution in [0.3, 0.4) is 0 Å². The van der Waals surface area contributed by atoms with Crippen LogP contribution in [-0.4, -0.2) is 28.6 Å². The molecule has 3 rings (SSSR count). The molecule has 116 valence electrons. The molecule has 1 aliphatic heterocycles. The minimum absolute atomic E-state index is 0.0253. The maximum Gasteiger partial charge on any atom is 0.290 e. The Morgan fingerprint density at radius 1 is 1.36 bits per heavy atom. The Kier molecular flexibility index (Phi) is 4.83. The molecule has 0 radical (unpaired) electrons. The average molecular weight is 316 g/mol. The number of pyridine rings is 1. The van der Waals surface area contributed by atoms with E-state index in [1.54, 1.807) is 24.0 Å². The molecule has 3 heterocycles. The summed E-state index contributed by atoms with van der Waals surface area (Å²) in [5, 5.41) is 0. The summed E-state index contributed by atoms with van der Waals surface area (Å²) in [6.45, 7) is 0.763. The molecule has 0 aliphatic carbocycles. The molecule has 2 aromatic rings. The molecule has 0 bridgehead atoms.